The summed E-state index contributed by atoms with van der Waals surface area (Å²) in [6.45, 7) is 1.94. The van der Waals surface area contributed by atoms with E-state index in [1.54, 1.807) is 6.07 Å². The van der Waals surface area contributed by atoms with Crippen molar-refractivity contribution in [3.63, 3.8) is 0 Å². The summed E-state index contributed by atoms with van der Waals surface area (Å²) in [6.07, 6.45) is 7.76. The molecular formula is C15H21Br2NO2S. The van der Waals surface area contributed by atoms with Crippen molar-refractivity contribution in [2.75, 3.05) is 0 Å². The van der Waals surface area contributed by atoms with Crippen molar-refractivity contribution in [1.82, 2.24) is 4.72 Å². The molecule has 0 aliphatic heterocycles. The fourth-order valence-corrected chi connectivity index (χ4v) is 5.67. The third-order valence-electron chi connectivity index (χ3n) is 3.93. The van der Waals surface area contributed by atoms with Crippen molar-refractivity contribution in [2.24, 2.45) is 0 Å². The van der Waals surface area contributed by atoms with Gasteiger partial charge in [-0.25, -0.2) is 13.1 Å². The normalized spacial score (nSPS) is 18.2. The summed E-state index contributed by atoms with van der Waals surface area (Å²) in [5, 5.41) is 0. The van der Waals surface area contributed by atoms with Crippen LogP contribution in [0.3, 0.4) is 0 Å². The van der Waals surface area contributed by atoms with Crippen LogP contribution in [0.2, 0.25) is 0 Å². The summed E-state index contributed by atoms with van der Waals surface area (Å²) >= 11 is 6.78. The van der Waals surface area contributed by atoms with Gasteiger partial charge in [-0.3, -0.25) is 0 Å². The summed E-state index contributed by atoms with van der Waals surface area (Å²) in [7, 11) is -3.48. The highest BCUT2D eigenvalue weighted by molar-refractivity contribution is 9.11. The second-order valence-electron chi connectivity index (χ2n) is 5.70. The lowest BCUT2D eigenvalue weighted by atomic mass is 9.97. The van der Waals surface area contributed by atoms with Crippen LogP contribution >= 0.6 is 31.9 Å². The monoisotopic (exact) mass is 437 g/mol. The summed E-state index contributed by atoms with van der Waals surface area (Å²) in [6, 6.07) is 3.56. The third kappa shape index (κ3) is 4.78. The average Bonchev–Trinajstić information content (AvgIpc) is 2.36. The molecule has 1 aliphatic carbocycles. The van der Waals surface area contributed by atoms with Crippen molar-refractivity contribution in [3.05, 3.63) is 26.6 Å². The third-order valence-corrected chi connectivity index (χ3v) is 7.26. The number of hydrogen-bond donors (Lipinski definition) is 1. The molecule has 1 aliphatic rings. The Morgan fingerprint density at radius 2 is 1.57 bits per heavy atom. The Labute approximate surface area is 144 Å². The summed E-state index contributed by atoms with van der Waals surface area (Å²) in [5.74, 6) is 0. The Bertz CT molecular complexity index is 594. The van der Waals surface area contributed by atoms with E-state index >= 15 is 0 Å². The number of halogens is 2. The number of sulfonamides is 1. The molecule has 0 aromatic heterocycles. The van der Waals surface area contributed by atoms with Gasteiger partial charge in [-0.05, 0) is 53.4 Å². The first-order chi connectivity index (χ1) is 9.90. The Balaban J connectivity index is 2.19. The number of nitrogens with one attached hydrogen (secondary N) is 1. The molecule has 21 heavy (non-hydrogen) atoms. The maximum Gasteiger partial charge on any atom is 0.241 e. The minimum Gasteiger partial charge on any atom is -0.208 e. The molecule has 1 fully saturated rings. The van der Waals surface area contributed by atoms with E-state index in [2.05, 4.69) is 36.6 Å². The van der Waals surface area contributed by atoms with Crippen molar-refractivity contribution in [2.45, 2.75) is 62.8 Å². The molecule has 0 radical (unpaired) electrons. The highest BCUT2D eigenvalue weighted by Gasteiger charge is 2.23. The van der Waals surface area contributed by atoms with Crippen molar-refractivity contribution in [3.8, 4) is 0 Å². The molecule has 1 saturated carbocycles. The summed E-state index contributed by atoms with van der Waals surface area (Å²) < 4.78 is 29.6. The quantitative estimate of drug-likeness (QED) is 0.728. The molecule has 0 amide bonds. The van der Waals surface area contributed by atoms with Crippen LogP contribution in [-0.2, 0) is 10.0 Å². The zero-order valence-electron chi connectivity index (χ0n) is 12.2. The van der Waals surface area contributed by atoms with E-state index in [0.717, 1.165) is 35.7 Å². The lowest BCUT2D eigenvalue weighted by Gasteiger charge is -2.21. The zero-order chi connectivity index (χ0) is 15.5. The van der Waals surface area contributed by atoms with E-state index in [4.69, 9.17) is 0 Å². The minimum atomic E-state index is -3.48. The molecular weight excluding hydrogens is 418 g/mol. The van der Waals surface area contributed by atoms with Gasteiger partial charge < -0.3 is 0 Å². The second kappa shape index (κ2) is 7.57. The van der Waals surface area contributed by atoms with E-state index < -0.39 is 10.0 Å². The minimum absolute atomic E-state index is 0.0577. The van der Waals surface area contributed by atoms with Crippen LogP contribution in [0, 0.1) is 6.92 Å². The van der Waals surface area contributed by atoms with Crippen molar-refractivity contribution in [1.29, 1.82) is 0 Å². The number of benzene rings is 1. The maximum absolute atomic E-state index is 12.6. The molecule has 1 N–H and O–H groups in total. The fourth-order valence-electron chi connectivity index (χ4n) is 2.69. The molecule has 0 saturated heterocycles. The van der Waals surface area contributed by atoms with Gasteiger partial charge >= 0.3 is 0 Å². The van der Waals surface area contributed by atoms with Gasteiger partial charge in [0.15, 0.2) is 0 Å². The highest BCUT2D eigenvalue weighted by Crippen LogP contribution is 2.29. The topological polar surface area (TPSA) is 46.2 Å². The molecule has 1 aromatic rings. The van der Waals surface area contributed by atoms with Gasteiger partial charge in [0.1, 0.15) is 0 Å². The van der Waals surface area contributed by atoms with Gasteiger partial charge in [0.05, 0.1) is 4.90 Å². The molecule has 0 heterocycles. The van der Waals surface area contributed by atoms with Gasteiger partial charge in [-0.15, -0.1) is 0 Å². The largest absolute Gasteiger partial charge is 0.241 e. The molecule has 0 spiro atoms. The van der Waals surface area contributed by atoms with Gasteiger partial charge in [0.25, 0.3) is 0 Å². The van der Waals surface area contributed by atoms with E-state index in [9.17, 15) is 8.42 Å². The predicted molar refractivity (Wildman–Crippen MR) is 93.0 cm³/mol. The van der Waals surface area contributed by atoms with Crippen LogP contribution in [0.4, 0.5) is 0 Å². The zero-order valence-corrected chi connectivity index (χ0v) is 16.2. The first-order valence-electron chi connectivity index (χ1n) is 7.38. The van der Waals surface area contributed by atoms with Gasteiger partial charge in [0, 0.05) is 15.0 Å². The van der Waals surface area contributed by atoms with Crippen LogP contribution < -0.4 is 4.72 Å². The number of rotatable bonds is 3. The maximum atomic E-state index is 12.6. The van der Waals surface area contributed by atoms with E-state index in [1.165, 1.54) is 19.3 Å². The van der Waals surface area contributed by atoms with Crippen LogP contribution in [0.1, 0.15) is 50.5 Å². The molecule has 2 rings (SSSR count). The van der Waals surface area contributed by atoms with Crippen LogP contribution in [-0.4, -0.2) is 14.5 Å². The Kier molecular flexibility index (Phi) is 6.29. The van der Waals surface area contributed by atoms with Crippen LogP contribution in [0.15, 0.2) is 26.0 Å². The van der Waals surface area contributed by atoms with E-state index in [-0.39, 0.29) is 6.04 Å². The van der Waals surface area contributed by atoms with E-state index in [1.807, 2.05) is 13.0 Å². The van der Waals surface area contributed by atoms with Gasteiger partial charge in [-0.2, -0.15) is 0 Å². The first kappa shape index (κ1) is 17.4. The van der Waals surface area contributed by atoms with Crippen molar-refractivity contribution >= 4 is 41.9 Å². The second-order valence-corrected chi connectivity index (χ2v) is 9.09. The molecule has 1 aromatic carbocycles. The van der Waals surface area contributed by atoms with Crippen LogP contribution in [0.25, 0.3) is 0 Å². The Morgan fingerprint density at radius 1 is 1.00 bits per heavy atom. The fraction of sp³-hybridized carbons (Fsp3) is 0.600. The molecule has 0 bridgehead atoms. The molecule has 0 unspecified atom stereocenters. The number of hydrogen-bond acceptors (Lipinski definition) is 2. The SMILES string of the molecule is Cc1cc(Br)c(S(=O)(=O)NC2CCCCCCC2)cc1Br. The lowest BCUT2D eigenvalue weighted by molar-refractivity contribution is 0.426. The van der Waals surface area contributed by atoms with Gasteiger partial charge in [-0.1, -0.05) is 48.0 Å². The standard InChI is InChI=1S/C15H21Br2NO2S/c1-11-9-14(17)15(10-13(11)16)21(19,20)18-12-7-5-3-2-4-6-8-12/h9-10,12,18H,2-8H2,1H3. The van der Waals surface area contributed by atoms with E-state index in [0.29, 0.717) is 9.37 Å². The molecule has 0 atom stereocenters. The highest BCUT2D eigenvalue weighted by atomic mass is 79.9. The summed E-state index contributed by atoms with van der Waals surface area (Å²) in [4.78, 5) is 0.307. The molecule has 3 nitrogen and oxygen atoms in total. The predicted octanol–water partition coefficient (Wildman–Crippen LogP) is 4.91. The van der Waals surface area contributed by atoms with Gasteiger partial charge in [0.2, 0.25) is 10.0 Å². The molecule has 6 heteroatoms. The lowest BCUT2D eigenvalue weighted by Crippen LogP contribution is -2.35. The van der Waals surface area contributed by atoms with Crippen molar-refractivity contribution < 1.29 is 8.42 Å². The smallest absolute Gasteiger partial charge is 0.208 e. The van der Waals surface area contributed by atoms with Crippen LogP contribution in [0.5, 0.6) is 0 Å². The molecule has 118 valence electrons. The Hall–Kier alpha value is 0.0900. The Morgan fingerprint density at radius 3 is 2.19 bits per heavy atom. The average molecular weight is 439 g/mol. The number of aryl methyl sites for hydroxylation is 1. The summed E-state index contributed by atoms with van der Waals surface area (Å²) in [5.41, 5.74) is 1.01. The first-order valence-corrected chi connectivity index (χ1v) is 10.4.